The molecular weight excluding hydrogens is 1690 g/mol. The van der Waals surface area contributed by atoms with E-state index in [9.17, 15) is 0 Å². The summed E-state index contributed by atoms with van der Waals surface area (Å²) in [6, 6.07) is 0. The molecule has 49 heteroatoms. The van der Waals surface area contributed by atoms with Crippen LogP contribution in [0.4, 0.5) is 0 Å². The van der Waals surface area contributed by atoms with Gasteiger partial charge in [0.15, 0.2) is 16.6 Å². The van der Waals surface area contributed by atoms with Gasteiger partial charge in [-0.1, -0.05) is 0 Å². The minimum absolute atomic E-state index is 1.70. The van der Waals surface area contributed by atoms with Gasteiger partial charge in [-0.2, -0.15) is 0 Å². The molecule has 0 radical (unpaired) electrons. The first-order valence-electron chi connectivity index (χ1n) is 35.1. The Kier molecular flexibility index (Phi) is 37.1. The molecule has 596 valence electrons. The Morgan fingerprint density at radius 1 is 0.121 bits per heavy atom. The van der Waals surface area contributed by atoms with E-state index in [1.807, 2.05) is 0 Å². The molecule has 0 saturated heterocycles. The van der Waals surface area contributed by atoms with Crippen LogP contribution >= 0.6 is 0 Å². The Balaban J connectivity index is 5.86. The van der Waals surface area contributed by atoms with Crippen LogP contribution in [0.25, 0.3) is 0 Å². The largest absolute Gasteiger partial charge is 0.439 e. The van der Waals surface area contributed by atoms with Crippen LogP contribution in [0.3, 0.4) is 0 Å². The van der Waals surface area contributed by atoms with Crippen molar-refractivity contribution in [3.05, 3.63) is 0 Å². The van der Waals surface area contributed by atoms with Crippen LogP contribution in [0.5, 0.6) is 0 Å². The van der Waals surface area contributed by atoms with Gasteiger partial charge in [-0.25, -0.2) is 0 Å². The molecule has 0 spiro atoms. The number of hydrogen-bond donors (Lipinski definition) is 0. The predicted octanol–water partition coefficient (Wildman–Crippen LogP) is 17.5. The third kappa shape index (κ3) is 49.6. The van der Waals surface area contributed by atoms with E-state index in [1.54, 1.807) is 0 Å². The van der Waals surface area contributed by atoms with E-state index < -0.39 is 215 Å². The van der Waals surface area contributed by atoms with Crippen LogP contribution in [0.15, 0.2) is 0 Å². The smallest absolute Gasteiger partial charge is 0.314 e. The van der Waals surface area contributed by atoms with Crippen LogP contribution in [-0.4, -0.2) is 215 Å². The molecule has 0 aliphatic carbocycles. The van der Waals surface area contributed by atoms with Crippen molar-refractivity contribution in [3.63, 3.8) is 0 Å². The lowest BCUT2D eigenvalue weighted by molar-refractivity contribution is 0.247. The molecule has 2 unspecified atom stereocenters. The summed E-state index contributed by atoms with van der Waals surface area (Å²) in [7, 11) is -66.2. The summed E-state index contributed by atoms with van der Waals surface area (Å²) in [6.45, 7) is 104. The monoisotopic (exact) mass is 1840 g/mol. The van der Waals surface area contributed by atoms with Crippen molar-refractivity contribution in [2.75, 3.05) is 0 Å². The zero-order valence-electron chi connectivity index (χ0n) is 72.5. The zero-order chi connectivity index (χ0) is 79.6. The van der Waals surface area contributed by atoms with Gasteiger partial charge < -0.3 is 98.8 Å². The third-order valence-corrected chi connectivity index (χ3v) is 106. The molecule has 0 heterocycles. The van der Waals surface area contributed by atoms with E-state index in [4.69, 9.17) is 98.8 Å². The van der Waals surface area contributed by atoms with Crippen molar-refractivity contribution in [2.45, 2.75) is 327 Å². The molecule has 0 aromatic rings. The summed E-state index contributed by atoms with van der Waals surface area (Å²) in [5.41, 5.74) is 0. The summed E-state index contributed by atoms with van der Waals surface area (Å²) in [5, 5.41) is 0. The molecule has 0 aliphatic heterocycles. The van der Waals surface area contributed by atoms with Crippen LogP contribution in [0.1, 0.15) is 0 Å². The molecule has 0 aromatic heterocycles. The van der Waals surface area contributed by atoms with E-state index in [0.717, 1.165) is 0 Å². The maximum absolute atomic E-state index is 6.99. The van der Waals surface area contributed by atoms with Crippen molar-refractivity contribution >= 4 is 215 Å². The first kappa shape index (κ1) is 103. The molecule has 0 amide bonds. The van der Waals surface area contributed by atoms with Gasteiger partial charge in [0.05, 0.1) is 0 Å². The Morgan fingerprint density at radius 2 is 0.222 bits per heavy atom. The number of rotatable bonds is 48. The first-order valence-corrected chi connectivity index (χ1v) is 105. The van der Waals surface area contributed by atoms with Crippen LogP contribution < -0.4 is 0 Å². The van der Waals surface area contributed by atoms with Crippen molar-refractivity contribution in [1.82, 2.24) is 0 Å². The second-order valence-corrected chi connectivity index (χ2v) is 127. The Bertz CT molecular complexity index is 2530. The normalized spacial score (nSPS) is 16.7. The second-order valence-electron chi connectivity index (χ2n) is 37.3. The van der Waals surface area contributed by atoms with Gasteiger partial charge in [-0.15, -0.1) is 0 Å². The summed E-state index contributed by atoms with van der Waals surface area (Å²) in [6.07, 6.45) is 0. The molecule has 0 aliphatic rings. The highest BCUT2D eigenvalue weighted by atomic mass is 28.6. The highest BCUT2D eigenvalue weighted by molar-refractivity contribution is 6.97. The van der Waals surface area contributed by atoms with Crippen LogP contribution in [-0.2, 0) is 98.8 Å². The molecular formula is C50H152O24Si25. The maximum atomic E-state index is 6.99. The Morgan fingerprint density at radius 3 is 0.333 bits per heavy atom. The van der Waals surface area contributed by atoms with E-state index in [2.05, 4.69) is 327 Å². The molecule has 0 aromatic carbocycles. The Hall–Kier alpha value is 4.46. The lowest BCUT2D eigenvalue weighted by Crippen LogP contribution is -2.63. The van der Waals surface area contributed by atoms with Gasteiger partial charge in [0, 0.05) is 0 Å². The average molecular weight is 1840 g/mol. The van der Waals surface area contributed by atoms with E-state index in [1.165, 1.54) is 0 Å². The fourth-order valence-corrected chi connectivity index (χ4v) is 137. The van der Waals surface area contributed by atoms with Gasteiger partial charge >= 0.3 is 180 Å². The highest BCUT2D eigenvalue weighted by Gasteiger charge is 2.56. The molecule has 2 atom stereocenters. The summed E-state index contributed by atoms with van der Waals surface area (Å²) in [4.78, 5) is 0. The van der Waals surface area contributed by atoms with Gasteiger partial charge in [-0.05, 0) is 327 Å². The van der Waals surface area contributed by atoms with Crippen molar-refractivity contribution in [2.24, 2.45) is 0 Å². The molecule has 24 nitrogen and oxygen atoms in total. The quantitative estimate of drug-likeness (QED) is 0.0517. The molecule has 0 N–H and O–H groups in total. The van der Waals surface area contributed by atoms with Crippen LogP contribution in [0, 0.1) is 0 Å². The molecule has 0 bridgehead atoms. The van der Waals surface area contributed by atoms with Crippen LogP contribution in [0.2, 0.25) is 327 Å². The maximum Gasteiger partial charge on any atom is 0.314 e. The van der Waals surface area contributed by atoms with E-state index >= 15 is 0 Å². The highest BCUT2D eigenvalue weighted by Crippen LogP contribution is 2.36. The van der Waals surface area contributed by atoms with Crippen molar-refractivity contribution in [3.8, 4) is 0 Å². The summed E-state index contributed by atoms with van der Waals surface area (Å²) >= 11 is 0. The molecule has 99 heavy (non-hydrogen) atoms. The lowest BCUT2D eigenvalue weighted by atomic mass is 11.8. The topological polar surface area (TPSA) is 222 Å². The summed E-state index contributed by atoms with van der Waals surface area (Å²) < 4.78 is 164. The van der Waals surface area contributed by atoms with Crippen molar-refractivity contribution in [1.29, 1.82) is 0 Å². The van der Waals surface area contributed by atoms with Crippen molar-refractivity contribution < 1.29 is 98.8 Å². The fourth-order valence-electron chi connectivity index (χ4n) is 14.2. The minimum atomic E-state index is -2.90. The Labute approximate surface area is 635 Å². The lowest BCUT2D eigenvalue weighted by Gasteiger charge is -2.45. The van der Waals surface area contributed by atoms with Gasteiger partial charge in [0.1, 0.15) is 0 Å². The molecule has 0 rings (SSSR count). The van der Waals surface area contributed by atoms with Gasteiger partial charge in [0.25, 0.3) is 18.6 Å². The summed E-state index contributed by atoms with van der Waals surface area (Å²) in [5.74, 6) is 0. The van der Waals surface area contributed by atoms with Gasteiger partial charge in [0.2, 0.25) is 0 Å². The van der Waals surface area contributed by atoms with Gasteiger partial charge in [-0.3, -0.25) is 0 Å². The van der Waals surface area contributed by atoms with E-state index in [0.29, 0.717) is 0 Å². The molecule has 0 fully saturated rings. The standard InChI is InChI=1S/C50H152O24Si25/c1-75(52-77(3,4)5)51-76(2)53-79(9,10)55-81(13,14)57-83(17,18)59-85(21,22)61-87(25,26)63-89(29,30)65-91(33,34)67-93(37,38)69-95(41,42)71-97(45,46)73-99(49,50)74-98(47,48)72-96(43,44)70-94(39,40)68-92(35,36)66-90(31,32)64-88(27,28)62-86(23,24)60-84(19,20)58-82(15,16)56-80(11,12)54-78(6,7)8/h75-76H,1-50H3. The SMILES string of the molecule is C[SiH](O[SiH](C)O[Si](C)(C)O[Si](C)(C)O[Si](C)(C)O[Si](C)(C)O[Si](C)(C)O[Si](C)(C)O[Si](C)(C)O[Si](C)(C)O[Si](C)(C)O[Si](C)(C)O[Si](C)(C)O[Si](C)(C)O[Si](C)(C)O[Si](C)(C)O[Si](C)(C)O[Si](C)(C)O[Si](C)(C)O[Si](C)(C)O[Si](C)(C)O[Si](C)(C)O[Si](C)(C)O[Si](C)(C)C)O[Si](C)(C)C. The number of hydrogen-bond acceptors (Lipinski definition) is 24. The zero-order valence-corrected chi connectivity index (χ0v) is 97.8. The average Bonchev–Trinajstić information content (AvgIpc) is 0.810. The third-order valence-electron chi connectivity index (χ3n) is 11.7. The minimum Gasteiger partial charge on any atom is -0.439 e. The predicted molar refractivity (Wildman–Crippen MR) is 466 cm³/mol. The second kappa shape index (κ2) is 35.5. The first-order chi connectivity index (χ1) is 42.3. The fraction of sp³-hybridized carbons (Fsp3) is 1.00. The molecule has 0 saturated carbocycles. The van der Waals surface area contributed by atoms with E-state index in [-0.39, 0.29) is 0 Å².